The molecule has 186 valence electrons. The van der Waals surface area contributed by atoms with Gasteiger partial charge in [0.2, 0.25) is 0 Å². The molecule has 3 aromatic rings. The molecule has 2 unspecified atom stereocenters. The van der Waals surface area contributed by atoms with Crippen molar-refractivity contribution in [1.82, 2.24) is 8.87 Å². The van der Waals surface area contributed by atoms with Crippen molar-refractivity contribution in [1.29, 1.82) is 0 Å². The van der Waals surface area contributed by atoms with Crippen molar-refractivity contribution in [3.05, 3.63) is 54.7 Å². The van der Waals surface area contributed by atoms with Gasteiger partial charge in [0.15, 0.2) is 0 Å². The van der Waals surface area contributed by atoms with Gasteiger partial charge in [-0.1, -0.05) is 18.6 Å². The molecule has 2 aromatic carbocycles. The summed E-state index contributed by atoms with van der Waals surface area (Å²) in [5.41, 5.74) is 2.77. The maximum Gasteiger partial charge on any atom is 0.268 e. The minimum Gasteiger partial charge on any atom is -0.380 e. The number of aromatic nitrogens is 1. The molecule has 3 aliphatic rings. The number of nitrogens with zero attached hydrogens (tertiary/aromatic N) is 4. The Labute approximate surface area is 207 Å². The highest BCUT2D eigenvalue weighted by molar-refractivity contribution is 7.90. The van der Waals surface area contributed by atoms with Gasteiger partial charge in [-0.15, -0.1) is 0 Å². The summed E-state index contributed by atoms with van der Waals surface area (Å²) >= 11 is 0. The van der Waals surface area contributed by atoms with Crippen LogP contribution in [-0.4, -0.2) is 75.8 Å². The van der Waals surface area contributed by atoms with E-state index >= 15 is 0 Å². The molecule has 8 heteroatoms. The minimum absolute atomic E-state index is 0.192. The number of benzene rings is 2. The molecule has 3 fully saturated rings. The molecule has 0 radical (unpaired) electrons. The van der Waals surface area contributed by atoms with Gasteiger partial charge in [0.05, 0.1) is 16.5 Å². The fourth-order valence-electron chi connectivity index (χ4n) is 6.00. The van der Waals surface area contributed by atoms with Crippen molar-refractivity contribution in [3.8, 4) is 0 Å². The van der Waals surface area contributed by atoms with Gasteiger partial charge < -0.3 is 14.5 Å². The molecule has 3 saturated heterocycles. The van der Waals surface area contributed by atoms with Crippen LogP contribution in [0.4, 0.5) is 11.4 Å². The molecule has 3 aliphatic heterocycles. The van der Waals surface area contributed by atoms with E-state index < -0.39 is 10.0 Å². The molecular weight excluding hydrogens is 460 g/mol. The van der Waals surface area contributed by atoms with E-state index in [1.807, 2.05) is 18.2 Å². The van der Waals surface area contributed by atoms with Gasteiger partial charge in [0, 0.05) is 68.8 Å². The third kappa shape index (κ3) is 4.21. The lowest BCUT2D eigenvalue weighted by atomic mass is 9.99. The summed E-state index contributed by atoms with van der Waals surface area (Å²) in [6, 6.07) is 16.0. The number of rotatable bonds is 5. The molecular formula is C27H34N4O3S. The first kappa shape index (κ1) is 22.9. The summed E-state index contributed by atoms with van der Waals surface area (Å²) in [5.74, 6) is 0. The van der Waals surface area contributed by atoms with Crippen LogP contribution in [0.25, 0.3) is 10.9 Å². The van der Waals surface area contributed by atoms with Gasteiger partial charge in [-0.05, 0) is 62.2 Å². The van der Waals surface area contributed by atoms with Crippen LogP contribution in [-0.2, 0) is 14.8 Å². The molecule has 0 amide bonds. The van der Waals surface area contributed by atoms with E-state index in [0.29, 0.717) is 10.9 Å². The monoisotopic (exact) mass is 494 g/mol. The van der Waals surface area contributed by atoms with Crippen molar-refractivity contribution in [2.24, 2.45) is 0 Å². The third-order valence-electron chi connectivity index (χ3n) is 8.06. The maximum absolute atomic E-state index is 13.8. The predicted octanol–water partition coefficient (Wildman–Crippen LogP) is 3.78. The Hall–Kier alpha value is -2.55. The Morgan fingerprint density at radius 3 is 2.57 bits per heavy atom. The molecule has 0 spiro atoms. The summed E-state index contributed by atoms with van der Waals surface area (Å²) in [4.78, 5) is 7.56. The van der Waals surface area contributed by atoms with Crippen LogP contribution in [0.1, 0.15) is 25.7 Å². The second-order valence-electron chi connectivity index (χ2n) is 10.1. The number of piperazine rings is 1. The number of ether oxygens (including phenoxy) is 1. The smallest absolute Gasteiger partial charge is 0.268 e. The standard InChI is InChI=1S/C27H34N4O3S/c1-34-25-11-13-29(20-25)22-6-4-7-26(17-22)35(32,33)31-14-10-21-8-9-23(18-27(21)31)30-16-15-28-12-3-2-5-24(28)19-30/h4,6-10,14,17-18,24-25H,2-3,5,11-13,15-16,19-20H2,1H3. The van der Waals surface area contributed by atoms with Crippen LogP contribution in [0, 0.1) is 0 Å². The normalized spacial score (nSPS) is 23.7. The summed E-state index contributed by atoms with van der Waals surface area (Å²) in [6.45, 7) is 5.93. The number of hydrogen-bond acceptors (Lipinski definition) is 6. The van der Waals surface area contributed by atoms with E-state index in [2.05, 4.69) is 32.9 Å². The van der Waals surface area contributed by atoms with Gasteiger partial charge in [0.1, 0.15) is 0 Å². The predicted molar refractivity (Wildman–Crippen MR) is 140 cm³/mol. The average Bonchev–Trinajstić information content (AvgIpc) is 3.56. The van der Waals surface area contributed by atoms with Crippen LogP contribution in [0.5, 0.6) is 0 Å². The molecule has 6 rings (SSSR count). The van der Waals surface area contributed by atoms with Crippen LogP contribution >= 0.6 is 0 Å². The lowest BCUT2D eigenvalue weighted by Gasteiger charge is -2.45. The highest BCUT2D eigenvalue weighted by atomic mass is 32.2. The van der Waals surface area contributed by atoms with E-state index in [4.69, 9.17) is 4.74 Å². The van der Waals surface area contributed by atoms with E-state index in [1.165, 1.54) is 29.8 Å². The summed E-state index contributed by atoms with van der Waals surface area (Å²) < 4.78 is 34.5. The molecule has 2 atom stereocenters. The number of fused-ring (bicyclic) bond motifs is 2. The number of methoxy groups -OCH3 is 1. The van der Waals surface area contributed by atoms with Crippen molar-refractivity contribution in [2.45, 2.75) is 42.7 Å². The molecule has 0 N–H and O–H groups in total. The van der Waals surface area contributed by atoms with Gasteiger partial charge in [0.25, 0.3) is 10.0 Å². The van der Waals surface area contributed by atoms with Crippen LogP contribution < -0.4 is 9.80 Å². The fourth-order valence-corrected chi connectivity index (χ4v) is 7.38. The highest BCUT2D eigenvalue weighted by Crippen LogP contribution is 2.31. The van der Waals surface area contributed by atoms with E-state index in [0.717, 1.165) is 61.4 Å². The zero-order valence-electron chi connectivity index (χ0n) is 20.3. The average molecular weight is 495 g/mol. The first-order valence-corrected chi connectivity index (χ1v) is 14.2. The molecule has 0 bridgehead atoms. The lowest BCUT2D eigenvalue weighted by molar-refractivity contribution is 0.121. The molecule has 1 aromatic heterocycles. The van der Waals surface area contributed by atoms with Crippen molar-refractivity contribution >= 4 is 32.3 Å². The molecule has 0 aliphatic carbocycles. The van der Waals surface area contributed by atoms with Crippen molar-refractivity contribution in [3.63, 3.8) is 0 Å². The molecule has 0 saturated carbocycles. The SMILES string of the molecule is COC1CCN(c2cccc(S(=O)(=O)n3ccc4ccc(N5CCN6CCCCC6C5)cc43)c2)C1. The van der Waals surface area contributed by atoms with Crippen LogP contribution in [0.15, 0.2) is 59.6 Å². The summed E-state index contributed by atoms with van der Waals surface area (Å²) in [6.07, 6.45) is 6.69. The first-order chi connectivity index (χ1) is 17.0. The topological polar surface area (TPSA) is 58.0 Å². The highest BCUT2D eigenvalue weighted by Gasteiger charge is 2.30. The molecule has 35 heavy (non-hydrogen) atoms. The minimum atomic E-state index is -3.73. The largest absolute Gasteiger partial charge is 0.380 e. The van der Waals surface area contributed by atoms with Gasteiger partial charge in [-0.25, -0.2) is 12.4 Å². The first-order valence-electron chi connectivity index (χ1n) is 12.8. The van der Waals surface area contributed by atoms with Gasteiger partial charge in [-0.2, -0.15) is 0 Å². The Bertz CT molecular complexity index is 1320. The second-order valence-corrected chi connectivity index (χ2v) is 11.9. The second kappa shape index (κ2) is 9.15. The summed E-state index contributed by atoms with van der Waals surface area (Å²) in [5, 5.41) is 0.937. The van der Waals surface area contributed by atoms with Crippen molar-refractivity contribution in [2.75, 3.05) is 56.2 Å². The molecule has 4 heterocycles. The number of anilines is 2. The summed E-state index contributed by atoms with van der Waals surface area (Å²) in [7, 11) is -2.00. The lowest BCUT2D eigenvalue weighted by Crippen LogP contribution is -2.54. The fraction of sp³-hybridized carbons (Fsp3) is 0.481. The van der Waals surface area contributed by atoms with Gasteiger partial charge in [-0.3, -0.25) is 4.90 Å². The van der Waals surface area contributed by atoms with Gasteiger partial charge >= 0.3 is 0 Å². The van der Waals surface area contributed by atoms with E-state index in [9.17, 15) is 8.42 Å². The zero-order valence-corrected chi connectivity index (χ0v) is 21.2. The van der Waals surface area contributed by atoms with Crippen LogP contribution in [0.3, 0.4) is 0 Å². The van der Waals surface area contributed by atoms with Crippen LogP contribution in [0.2, 0.25) is 0 Å². The maximum atomic E-state index is 13.8. The van der Waals surface area contributed by atoms with Crippen molar-refractivity contribution < 1.29 is 13.2 Å². The Morgan fingerprint density at radius 2 is 1.71 bits per heavy atom. The molecule has 7 nitrogen and oxygen atoms in total. The Kier molecular flexibility index (Phi) is 5.98. The Balaban J connectivity index is 1.30. The quantitative estimate of drug-likeness (QED) is 0.538. The number of hydrogen-bond donors (Lipinski definition) is 0. The van der Waals surface area contributed by atoms with E-state index in [1.54, 1.807) is 25.4 Å². The number of piperidine rings is 1. The Morgan fingerprint density at radius 1 is 0.857 bits per heavy atom. The van der Waals surface area contributed by atoms with E-state index in [-0.39, 0.29) is 6.10 Å². The third-order valence-corrected chi connectivity index (χ3v) is 9.75. The zero-order chi connectivity index (χ0) is 24.0.